The highest BCUT2D eigenvalue weighted by Gasteiger charge is 2.33. The number of anilines is 1. The Labute approximate surface area is 233 Å². The average molecular weight is 533 g/mol. The minimum Gasteiger partial charge on any atom is -0.268 e. The number of imide groups is 1. The Kier molecular flexibility index (Phi) is 7.96. The summed E-state index contributed by atoms with van der Waals surface area (Å²) >= 11 is 0. The van der Waals surface area contributed by atoms with Crippen LogP contribution < -0.4 is 4.90 Å². The van der Waals surface area contributed by atoms with E-state index in [1.807, 2.05) is 73.7 Å². The molecule has 0 radical (unpaired) electrons. The lowest BCUT2D eigenvalue weighted by molar-refractivity contribution is 0.0895. The van der Waals surface area contributed by atoms with Gasteiger partial charge in [0.1, 0.15) is 5.82 Å². The number of pyridine rings is 1. The Morgan fingerprint density at radius 2 is 1.20 bits per heavy atom. The van der Waals surface area contributed by atoms with Gasteiger partial charge in [-0.3, -0.25) is 9.59 Å². The highest BCUT2D eigenvalue weighted by molar-refractivity contribution is 6.25. The van der Waals surface area contributed by atoms with Crippen molar-refractivity contribution in [3.63, 3.8) is 0 Å². The molecule has 0 unspecified atom stereocenters. The van der Waals surface area contributed by atoms with E-state index in [4.69, 9.17) is 0 Å². The lowest BCUT2D eigenvalue weighted by atomic mass is 10.1. The summed E-state index contributed by atoms with van der Waals surface area (Å²) in [6.45, 7) is 6.01. The smallest absolute Gasteiger partial charge is 0.268 e. The first kappa shape index (κ1) is 26.7. The van der Waals surface area contributed by atoms with Gasteiger partial charge in [0.2, 0.25) is 0 Å². The predicted octanol–water partition coefficient (Wildman–Crippen LogP) is 6.15. The highest BCUT2D eigenvalue weighted by atomic mass is 16.2. The lowest BCUT2D eigenvalue weighted by Gasteiger charge is -2.21. The van der Waals surface area contributed by atoms with E-state index in [0.29, 0.717) is 24.0 Å². The number of carbonyl (C=O) groups excluding carboxylic acids is 2. The van der Waals surface area contributed by atoms with Crippen molar-refractivity contribution in [3.8, 4) is 11.4 Å². The van der Waals surface area contributed by atoms with Crippen molar-refractivity contribution in [2.45, 2.75) is 46.5 Å². The zero-order chi connectivity index (χ0) is 28.1. The average Bonchev–Trinajstić information content (AvgIpc) is 3.59. The summed E-state index contributed by atoms with van der Waals surface area (Å²) in [5, 5.41) is 9.13. The molecule has 2 aromatic carbocycles. The van der Waals surface area contributed by atoms with Crippen LogP contribution in [0.4, 0.5) is 5.82 Å². The molecule has 5 rings (SSSR count). The molecule has 0 saturated carbocycles. The maximum atomic E-state index is 14.3. The number of aryl methyl sites for hydroxylation is 1. The van der Waals surface area contributed by atoms with Gasteiger partial charge in [-0.05, 0) is 61.7 Å². The molecular weight excluding hydrogens is 500 g/mol. The molecule has 0 aliphatic heterocycles. The van der Waals surface area contributed by atoms with E-state index in [2.05, 4.69) is 29.0 Å². The van der Waals surface area contributed by atoms with Crippen molar-refractivity contribution in [3.05, 3.63) is 119 Å². The predicted molar refractivity (Wildman–Crippen MR) is 155 cm³/mol. The van der Waals surface area contributed by atoms with E-state index in [1.54, 1.807) is 34.0 Å². The van der Waals surface area contributed by atoms with Gasteiger partial charge in [0.15, 0.2) is 0 Å². The molecule has 0 bridgehead atoms. The summed E-state index contributed by atoms with van der Waals surface area (Å²) in [4.78, 5) is 34.3. The van der Waals surface area contributed by atoms with E-state index in [-0.39, 0.29) is 5.82 Å². The number of rotatable bonds is 9. The molecule has 0 aliphatic carbocycles. The first-order valence-electron chi connectivity index (χ1n) is 13.6. The van der Waals surface area contributed by atoms with Gasteiger partial charge in [0, 0.05) is 6.20 Å². The maximum Gasteiger partial charge on any atom is 0.270 e. The summed E-state index contributed by atoms with van der Waals surface area (Å²) in [5.41, 5.74) is 4.83. The SMILES string of the molecule is CCCc1c(C(=O)N(C(=O)c2cnn(-c3ccccc3)c2CCC)c2cc(C)ccn2)cnn1-c1ccccc1. The number of aromatic nitrogens is 5. The third-order valence-electron chi connectivity index (χ3n) is 6.71. The summed E-state index contributed by atoms with van der Waals surface area (Å²) < 4.78 is 3.55. The molecule has 0 saturated heterocycles. The van der Waals surface area contributed by atoms with Crippen LogP contribution in [0.1, 0.15) is 64.4 Å². The van der Waals surface area contributed by atoms with Crippen molar-refractivity contribution >= 4 is 17.6 Å². The molecular formula is C32H32N6O2. The van der Waals surface area contributed by atoms with Crippen LogP contribution in [0.25, 0.3) is 11.4 Å². The zero-order valence-electron chi connectivity index (χ0n) is 23.0. The van der Waals surface area contributed by atoms with Gasteiger partial charge in [0.05, 0.1) is 46.3 Å². The summed E-state index contributed by atoms with van der Waals surface area (Å²) in [6.07, 6.45) is 7.56. The molecule has 8 heteroatoms. The van der Waals surface area contributed by atoms with Gasteiger partial charge in [-0.2, -0.15) is 10.2 Å². The van der Waals surface area contributed by atoms with Crippen LogP contribution in [-0.2, 0) is 12.8 Å². The van der Waals surface area contributed by atoms with Crippen molar-refractivity contribution in [1.82, 2.24) is 24.5 Å². The molecule has 3 heterocycles. The van der Waals surface area contributed by atoms with Crippen molar-refractivity contribution in [2.75, 3.05) is 4.90 Å². The summed E-state index contributed by atoms with van der Waals surface area (Å²) in [5.74, 6) is -0.674. The topological polar surface area (TPSA) is 85.9 Å². The van der Waals surface area contributed by atoms with E-state index in [1.165, 1.54) is 4.90 Å². The van der Waals surface area contributed by atoms with E-state index < -0.39 is 11.8 Å². The molecule has 0 atom stereocenters. The van der Waals surface area contributed by atoms with Crippen LogP contribution in [0.15, 0.2) is 91.4 Å². The summed E-state index contributed by atoms with van der Waals surface area (Å²) in [6, 6.07) is 23.0. The quantitative estimate of drug-likeness (QED) is 0.213. The van der Waals surface area contributed by atoms with Crippen LogP contribution in [0, 0.1) is 6.92 Å². The van der Waals surface area contributed by atoms with Gasteiger partial charge in [-0.25, -0.2) is 19.2 Å². The first-order valence-corrected chi connectivity index (χ1v) is 13.6. The third-order valence-corrected chi connectivity index (χ3v) is 6.71. The normalized spacial score (nSPS) is 11.0. The second kappa shape index (κ2) is 11.9. The molecule has 5 aromatic rings. The van der Waals surface area contributed by atoms with Gasteiger partial charge < -0.3 is 0 Å². The minimum atomic E-state index is -0.469. The second-order valence-electron chi connectivity index (χ2n) is 9.64. The van der Waals surface area contributed by atoms with Gasteiger partial charge in [0.25, 0.3) is 11.8 Å². The number of nitrogens with zero attached hydrogens (tertiary/aromatic N) is 6. The van der Waals surface area contributed by atoms with Gasteiger partial charge >= 0.3 is 0 Å². The van der Waals surface area contributed by atoms with Crippen molar-refractivity contribution in [2.24, 2.45) is 0 Å². The first-order chi connectivity index (χ1) is 19.5. The highest BCUT2D eigenvalue weighted by Crippen LogP contribution is 2.26. The number of para-hydroxylation sites is 2. The molecule has 0 fully saturated rings. The minimum absolute atomic E-state index is 0.264. The van der Waals surface area contributed by atoms with Gasteiger partial charge in [-0.1, -0.05) is 63.1 Å². The van der Waals surface area contributed by atoms with E-state index in [0.717, 1.165) is 41.2 Å². The fraction of sp³-hybridized carbons (Fsp3) is 0.219. The fourth-order valence-electron chi connectivity index (χ4n) is 4.83. The zero-order valence-corrected chi connectivity index (χ0v) is 23.0. The maximum absolute atomic E-state index is 14.3. The van der Waals surface area contributed by atoms with Gasteiger partial charge in [-0.15, -0.1) is 0 Å². The molecule has 202 valence electrons. The van der Waals surface area contributed by atoms with Crippen molar-refractivity contribution in [1.29, 1.82) is 0 Å². The molecule has 40 heavy (non-hydrogen) atoms. The Bertz CT molecular complexity index is 1520. The molecule has 2 amide bonds. The third kappa shape index (κ3) is 5.20. The number of amides is 2. The van der Waals surface area contributed by atoms with Crippen molar-refractivity contribution < 1.29 is 9.59 Å². The number of hydrogen-bond donors (Lipinski definition) is 0. The standard InChI is InChI=1S/C32H32N6O2/c1-4-12-28-26(21-34-37(28)24-14-8-6-9-15-24)31(39)36(30-20-23(3)18-19-33-30)32(40)27-22-35-38(29(27)13-5-2)25-16-10-7-11-17-25/h6-11,14-22H,4-5,12-13H2,1-3H3. The lowest BCUT2D eigenvalue weighted by Crippen LogP contribution is -2.38. The largest absolute Gasteiger partial charge is 0.270 e. The van der Waals surface area contributed by atoms with E-state index in [9.17, 15) is 9.59 Å². The second-order valence-corrected chi connectivity index (χ2v) is 9.64. The monoisotopic (exact) mass is 532 g/mol. The summed E-state index contributed by atoms with van der Waals surface area (Å²) in [7, 11) is 0. The van der Waals surface area contributed by atoms with Crippen LogP contribution >= 0.6 is 0 Å². The Morgan fingerprint density at radius 3 is 1.62 bits per heavy atom. The number of hydrogen-bond acceptors (Lipinski definition) is 5. The van der Waals surface area contributed by atoms with E-state index >= 15 is 0 Å². The Hall–Kier alpha value is -4.85. The van der Waals surface area contributed by atoms with Crippen LogP contribution in [0.3, 0.4) is 0 Å². The Morgan fingerprint density at radius 1 is 0.725 bits per heavy atom. The Balaban J connectivity index is 1.64. The molecule has 0 spiro atoms. The number of carbonyl (C=O) groups is 2. The molecule has 0 aliphatic rings. The molecule has 8 nitrogen and oxygen atoms in total. The number of benzene rings is 2. The van der Waals surface area contributed by atoms with Crippen LogP contribution in [0.5, 0.6) is 0 Å². The van der Waals surface area contributed by atoms with Crippen LogP contribution in [0.2, 0.25) is 0 Å². The fourth-order valence-corrected chi connectivity index (χ4v) is 4.83. The molecule has 3 aromatic heterocycles. The molecule has 0 N–H and O–H groups in total. The van der Waals surface area contributed by atoms with Crippen LogP contribution in [-0.4, -0.2) is 36.4 Å².